The van der Waals surface area contributed by atoms with Crippen LogP contribution in [0.1, 0.15) is 40.7 Å². The van der Waals surface area contributed by atoms with Crippen LogP contribution in [0.3, 0.4) is 0 Å². The van der Waals surface area contributed by atoms with Crippen LogP contribution in [0.2, 0.25) is 0 Å². The SMILES string of the molecule is CCO[C@@]1(c2ccc[nH]2)Oc2cc1c(-c1ccccc1)c1ccc([nH]1)c(-c1ccc(C)cc1)c1nc(c(-c3ccc(C)cc3)c3ccc([nH]3)c2-c2ccccc2)C=C1. The van der Waals surface area contributed by atoms with Crippen molar-refractivity contribution in [3.8, 4) is 50.3 Å². The molecule has 0 fully saturated rings. The third-order valence-corrected chi connectivity index (χ3v) is 11.1. The molecule has 0 amide bonds. The first-order valence-corrected chi connectivity index (χ1v) is 19.8. The van der Waals surface area contributed by atoms with Crippen molar-refractivity contribution in [3.63, 3.8) is 0 Å². The average molecular weight is 755 g/mol. The molecule has 2 aliphatic rings. The van der Waals surface area contributed by atoms with E-state index in [1.54, 1.807) is 0 Å². The first kappa shape index (κ1) is 35.3. The molecule has 10 rings (SSSR count). The number of aromatic nitrogens is 4. The summed E-state index contributed by atoms with van der Waals surface area (Å²) in [5.74, 6) is -0.625. The Hall–Kier alpha value is -7.15. The van der Waals surface area contributed by atoms with E-state index < -0.39 is 5.79 Å². The molecule has 4 aromatic carbocycles. The summed E-state index contributed by atoms with van der Waals surface area (Å²) in [6.07, 6.45) is 6.20. The van der Waals surface area contributed by atoms with Gasteiger partial charge in [-0.05, 0) is 97.6 Å². The predicted molar refractivity (Wildman–Crippen MR) is 237 cm³/mol. The molecule has 6 heterocycles. The van der Waals surface area contributed by atoms with Crippen LogP contribution >= 0.6 is 0 Å². The minimum Gasteiger partial charge on any atom is -0.451 e. The molecule has 2 aliphatic heterocycles. The van der Waals surface area contributed by atoms with E-state index in [9.17, 15) is 0 Å². The minimum atomic E-state index is -1.31. The Morgan fingerprint density at radius 3 is 1.52 bits per heavy atom. The van der Waals surface area contributed by atoms with Gasteiger partial charge in [-0.3, -0.25) is 0 Å². The van der Waals surface area contributed by atoms with Gasteiger partial charge in [-0.2, -0.15) is 0 Å². The van der Waals surface area contributed by atoms with Crippen LogP contribution in [0.5, 0.6) is 5.75 Å². The average Bonchev–Trinajstić information content (AvgIpc) is 4.11. The van der Waals surface area contributed by atoms with Crippen molar-refractivity contribution in [1.29, 1.82) is 0 Å². The zero-order chi connectivity index (χ0) is 39.2. The van der Waals surface area contributed by atoms with Gasteiger partial charge in [-0.25, -0.2) is 4.98 Å². The highest BCUT2D eigenvalue weighted by Crippen LogP contribution is 2.50. The van der Waals surface area contributed by atoms with Gasteiger partial charge < -0.3 is 24.4 Å². The summed E-state index contributed by atoms with van der Waals surface area (Å²) in [5.41, 5.74) is 17.6. The highest BCUT2D eigenvalue weighted by molar-refractivity contribution is 5.98. The first-order valence-electron chi connectivity index (χ1n) is 19.8. The molecule has 0 spiro atoms. The van der Waals surface area contributed by atoms with Crippen LogP contribution in [-0.2, 0) is 10.5 Å². The smallest absolute Gasteiger partial charge is 0.280 e. The molecule has 3 N–H and O–H groups in total. The van der Waals surface area contributed by atoms with Gasteiger partial charge in [0.25, 0.3) is 5.79 Å². The van der Waals surface area contributed by atoms with Crippen molar-refractivity contribution in [3.05, 3.63) is 192 Å². The van der Waals surface area contributed by atoms with Gasteiger partial charge in [0, 0.05) is 57.2 Å². The number of rotatable bonds is 7. The number of nitrogens with one attached hydrogen (secondary N) is 3. The molecule has 0 saturated carbocycles. The van der Waals surface area contributed by atoms with Crippen LogP contribution < -0.4 is 4.74 Å². The molecule has 6 nitrogen and oxygen atoms in total. The number of H-pyrrole nitrogens is 3. The van der Waals surface area contributed by atoms with E-state index in [2.05, 4.69) is 168 Å². The van der Waals surface area contributed by atoms with Crippen molar-refractivity contribution in [2.24, 2.45) is 0 Å². The lowest BCUT2D eigenvalue weighted by Gasteiger charge is -2.31. The van der Waals surface area contributed by atoms with E-state index >= 15 is 0 Å². The van der Waals surface area contributed by atoms with Crippen LogP contribution in [0.25, 0.3) is 78.7 Å². The van der Waals surface area contributed by atoms with Gasteiger partial charge in [-0.15, -0.1) is 0 Å². The Kier molecular flexibility index (Phi) is 8.77. The zero-order valence-corrected chi connectivity index (χ0v) is 32.6. The number of hydrogen-bond donors (Lipinski definition) is 3. The summed E-state index contributed by atoms with van der Waals surface area (Å²) >= 11 is 0. The Morgan fingerprint density at radius 1 is 0.534 bits per heavy atom. The quantitative estimate of drug-likeness (QED) is 0.152. The molecular formula is C52H42N4O2. The second-order valence-electron chi connectivity index (χ2n) is 14.9. The maximum atomic E-state index is 7.36. The summed E-state index contributed by atoms with van der Waals surface area (Å²) in [6.45, 7) is 6.65. The first-order chi connectivity index (χ1) is 28.5. The molecule has 1 atom stereocenters. The van der Waals surface area contributed by atoms with Crippen LogP contribution in [0.15, 0.2) is 158 Å². The second-order valence-corrected chi connectivity index (χ2v) is 14.9. The fraction of sp³-hybridized carbons (Fsp3) is 0.0962. The van der Waals surface area contributed by atoms with Crippen molar-refractivity contribution in [2.45, 2.75) is 26.6 Å². The molecule has 282 valence electrons. The maximum absolute atomic E-state index is 7.36. The molecule has 8 aromatic rings. The van der Waals surface area contributed by atoms with Gasteiger partial charge >= 0.3 is 0 Å². The molecule has 0 aliphatic carbocycles. The standard InChI is InChI=1S/C52H42N4O2/c1-4-57-52(47-16-11-31-53-47)39-32-46(58-52)51(36-14-9-6-10-15-36)45-30-29-44(56-45)50(38-23-19-34(3)20-24-38)43-28-27-42(55-43)49(37-21-17-33(2)18-22-37)41-26-25-40(54-41)48(39)35-12-7-5-8-13-35/h5-32,53-54,56H,4H2,1-3H3/t52-/m1/s1. The topological polar surface area (TPSA) is 78.7 Å². The van der Waals surface area contributed by atoms with Gasteiger partial charge in [0.05, 0.1) is 22.6 Å². The summed E-state index contributed by atoms with van der Waals surface area (Å²) in [4.78, 5) is 16.7. The number of nitrogens with zero attached hydrogens (tertiary/aromatic N) is 1. The van der Waals surface area contributed by atoms with Crippen molar-refractivity contribution >= 4 is 34.2 Å². The van der Waals surface area contributed by atoms with E-state index in [1.807, 2.05) is 37.4 Å². The van der Waals surface area contributed by atoms with Crippen molar-refractivity contribution < 1.29 is 9.47 Å². The van der Waals surface area contributed by atoms with Crippen LogP contribution in [0.4, 0.5) is 0 Å². The maximum Gasteiger partial charge on any atom is 0.280 e. The molecule has 0 saturated heterocycles. The third kappa shape index (κ3) is 6.06. The number of benzene rings is 4. The van der Waals surface area contributed by atoms with E-state index in [1.165, 1.54) is 11.1 Å². The summed E-state index contributed by atoms with van der Waals surface area (Å²) in [7, 11) is 0. The van der Waals surface area contributed by atoms with Crippen molar-refractivity contribution in [1.82, 2.24) is 19.9 Å². The molecule has 58 heavy (non-hydrogen) atoms. The monoisotopic (exact) mass is 754 g/mol. The largest absolute Gasteiger partial charge is 0.451 e. The van der Waals surface area contributed by atoms with Gasteiger partial charge in [-0.1, -0.05) is 120 Å². The fourth-order valence-corrected chi connectivity index (χ4v) is 8.38. The molecule has 0 radical (unpaired) electrons. The number of fused-ring (bicyclic) bond motifs is 8. The summed E-state index contributed by atoms with van der Waals surface area (Å²) < 4.78 is 14.3. The summed E-state index contributed by atoms with van der Waals surface area (Å²) in [6, 6.07) is 53.1. The van der Waals surface area contributed by atoms with Crippen LogP contribution in [0, 0.1) is 13.8 Å². The Morgan fingerprint density at radius 2 is 1.02 bits per heavy atom. The van der Waals surface area contributed by atoms with Crippen LogP contribution in [-0.4, -0.2) is 26.5 Å². The number of hydrogen-bond acceptors (Lipinski definition) is 3. The molecule has 4 aromatic heterocycles. The molecule has 0 unspecified atom stereocenters. The summed E-state index contributed by atoms with van der Waals surface area (Å²) in [5, 5.41) is 0. The predicted octanol–water partition coefficient (Wildman–Crippen LogP) is 13.0. The fourth-order valence-electron chi connectivity index (χ4n) is 8.38. The Labute approximate surface area is 337 Å². The van der Waals surface area contributed by atoms with Gasteiger partial charge in [0.15, 0.2) is 0 Å². The molecule has 8 bridgehead atoms. The third-order valence-electron chi connectivity index (χ3n) is 11.1. The highest BCUT2D eigenvalue weighted by Gasteiger charge is 2.46. The zero-order valence-electron chi connectivity index (χ0n) is 32.6. The number of aromatic amines is 3. The molecule has 6 heteroatoms. The van der Waals surface area contributed by atoms with E-state index in [-0.39, 0.29) is 0 Å². The minimum absolute atomic E-state index is 0.403. The highest BCUT2D eigenvalue weighted by atomic mass is 16.7. The van der Waals surface area contributed by atoms with E-state index in [4.69, 9.17) is 14.5 Å². The lowest BCUT2D eigenvalue weighted by molar-refractivity contribution is -0.150. The van der Waals surface area contributed by atoms with E-state index in [0.717, 1.165) is 89.2 Å². The Balaban J connectivity index is 1.44. The number of ether oxygens (including phenoxy) is 2. The van der Waals surface area contributed by atoms with Gasteiger partial charge in [0.1, 0.15) is 5.75 Å². The Bertz CT molecular complexity index is 2980. The second kappa shape index (κ2) is 14.4. The number of aryl methyl sites for hydroxylation is 2. The van der Waals surface area contributed by atoms with E-state index in [0.29, 0.717) is 12.4 Å². The van der Waals surface area contributed by atoms with Gasteiger partial charge in [0.2, 0.25) is 0 Å². The normalized spacial score (nSPS) is 14.7. The lowest BCUT2D eigenvalue weighted by atomic mass is 9.94. The molecular weight excluding hydrogens is 713 g/mol. The van der Waals surface area contributed by atoms with Crippen molar-refractivity contribution in [2.75, 3.05) is 6.61 Å². The lowest BCUT2D eigenvalue weighted by Crippen LogP contribution is -2.36.